The van der Waals surface area contributed by atoms with Gasteiger partial charge in [-0.3, -0.25) is 9.32 Å². The average molecular weight is 377 g/mol. The number of hydrogen-bond acceptors (Lipinski definition) is 9. The van der Waals surface area contributed by atoms with Crippen LogP contribution in [-0.2, 0) is 23.4 Å². The zero-order chi connectivity index (χ0) is 18.7. The molecule has 10 nitrogen and oxygen atoms in total. The quantitative estimate of drug-likeness (QED) is 0.586. The highest BCUT2D eigenvalue weighted by Crippen LogP contribution is 2.42. The lowest BCUT2D eigenvalue weighted by Gasteiger charge is -2.25. The van der Waals surface area contributed by atoms with Crippen LogP contribution in [-0.4, -0.2) is 38.9 Å². The monoisotopic (exact) mass is 377 g/mol. The normalized spacial score (nSPS) is 25.4. The third-order valence-corrected chi connectivity index (χ3v) is 4.46. The Kier molecular flexibility index (Phi) is 5.13. The SMILES string of the molecule is CCC(=O)O[C@H]1C[C@H](c2ccc3c(N)ncnn23)O[C@]1(C#N)COP=O. The first-order chi connectivity index (χ1) is 12.5. The summed E-state index contributed by atoms with van der Waals surface area (Å²) in [5, 5.41) is 13.8. The van der Waals surface area contributed by atoms with Crippen LogP contribution in [0.25, 0.3) is 5.52 Å². The lowest BCUT2D eigenvalue weighted by molar-refractivity contribution is -0.156. The maximum absolute atomic E-state index is 11.8. The molecule has 1 aliphatic rings. The molecule has 0 spiro atoms. The predicted octanol–water partition coefficient (Wildman–Crippen LogP) is 1.58. The molecule has 0 aromatic carbocycles. The zero-order valence-corrected chi connectivity index (χ0v) is 14.8. The van der Waals surface area contributed by atoms with Crippen molar-refractivity contribution < 1.29 is 23.4 Å². The van der Waals surface area contributed by atoms with Crippen molar-refractivity contribution in [2.75, 3.05) is 12.3 Å². The van der Waals surface area contributed by atoms with Gasteiger partial charge in [-0.15, -0.1) is 0 Å². The summed E-state index contributed by atoms with van der Waals surface area (Å²) >= 11 is 0. The molecule has 0 unspecified atom stereocenters. The van der Waals surface area contributed by atoms with Crippen LogP contribution >= 0.6 is 8.69 Å². The van der Waals surface area contributed by atoms with E-state index in [1.54, 1.807) is 23.6 Å². The third-order valence-electron chi connectivity index (χ3n) is 4.23. The Bertz CT molecular complexity index is 881. The molecule has 0 radical (unpaired) electrons. The summed E-state index contributed by atoms with van der Waals surface area (Å²) in [5.74, 6) is -0.164. The van der Waals surface area contributed by atoms with Gasteiger partial charge < -0.3 is 15.2 Å². The van der Waals surface area contributed by atoms with Gasteiger partial charge in [0, 0.05) is 12.8 Å². The summed E-state index contributed by atoms with van der Waals surface area (Å²) in [6, 6.07) is 5.50. The van der Waals surface area contributed by atoms with E-state index < -0.39 is 32.5 Å². The van der Waals surface area contributed by atoms with Crippen molar-refractivity contribution in [2.24, 2.45) is 0 Å². The number of nitriles is 1. The fourth-order valence-corrected chi connectivity index (χ4v) is 3.17. The summed E-state index contributed by atoms with van der Waals surface area (Å²) in [5.41, 5.74) is 5.48. The molecule has 0 saturated carbocycles. The molecule has 1 fully saturated rings. The van der Waals surface area contributed by atoms with Gasteiger partial charge >= 0.3 is 14.7 Å². The van der Waals surface area contributed by atoms with Gasteiger partial charge in [-0.1, -0.05) is 6.92 Å². The average Bonchev–Trinajstić information content (AvgIpc) is 3.23. The zero-order valence-electron chi connectivity index (χ0n) is 13.9. The Morgan fingerprint density at radius 2 is 2.42 bits per heavy atom. The van der Waals surface area contributed by atoms with Gasteiger partial charge in [-0.05, 0) is 12.1 Å². The van der Waals surface area contributed by atoms with Gasteiger partial charge in [0.05, 0.1) is 5.69 Å². The van der Waals surface area contributed by atoms with Crippen LogP contribution in [0.4, 0.5) is 5.82 Å². The molecular formula is C15H16N5O5P. The van der Waals surface area contributed by atoms with Gasteiger partial charge in [0.25, 0.3) is 0 Å². The minimum absolute atomic E-state index is 0.154. The standard InChI is InChI=1S/C15H16N5O5P/c1-2-13(21)24-12-5-11(25-15(12,6-16)7-23-26-22)9-3-4-10-14(17)18-8-19-20(9)10/h3-4,8,11-12H,2,5,7H2,1H3,(H2,17,18,19)/t11-,12+,15-/m1/s1. The second-order valence-electron chi connectivity index (χ2n) is 5.72. The lowest BCUT2D eigenvalue weighted by Crippen LogP contribution is -2.44. The van der Waals surface area contributed by atoms with E-state index in [9.17, 15) is 14.6 Å². The molecule has 2 aromatic rings. The number of hydrogen-bond donors (Lipinski definition) is 1. The molecule has 2 N–H and O–H groups in total. The van der Waals surface area contributed by atoms with E-state index in [1.165, 1.54) is 6.33 Å². The van der Waals surface area contributed by atoms with Gasteiger partial charge in [-0.2, -0.15) is 10.4 Å². The molecule has 3 atom stereocenters. The van der Waals surface area contributed by atoms with Crippen molar-refractivity contribution in [1.82, 2.24) is 14.6 Å². The molecule has 136 valence electrons. The first-order valence-electron chi connectivity index (χ1n) is 7.86. The maximum atomic E-state index is 11.8. The van der Waals surface area contributed by atoms with E-state index in [0.717, 1.165) is 0 Å². The number of nitrogen functional groups attached to an aromatic ring is 1. The number of nitrogens with zero attached hydrogens (tertiary/aromatic N) is 4. The number of aromatic nitrogens is 3. The van der Waals surface area contributed by atoms with Gasteiger partial charge in [0.15, 0.2) is 5.82 Å². The van der Waals surface area contributed by atoms with E-state index in [4.69, 9.17) is 19.7 Å². The highest BCUT2D eigenvalue weighted by Gasteiger charge is 2.53. The van der Waals surface area contributed by atoms with Crippen LogP contribution in [0.2, 0.25) is 0 Å². The predicted molar refractivity (Wildman–Crippen MR) is 87.9 cm³/mol. The Hall–Kier alpha value is -2.60. The number of ether oxygens (including phenoxy) is 2. The number of rotatable bonds is 6. The van der Waals surface area contributed by atoms with Crippen molar-refractivity contribution in [3.63, 3.8) is 0 Å². The van der Waals surface area contributed by atoms with E-state index >= 15 is 0 Å². The van der Waals surface area contributed by atoms with Crippen LogP contribution in [0.1, 0.15) is 31.6 Å². The Balaban J connectivity index is 1.96. The van der Waals surface area contributed by atoms with Crippen LogP contribution in [0.3, 0.4) is 0 Å². The molecule has 26 heavy (non-hydrogen) atoms. The van der Waals surface area contributed by atoms with E-state index in [-0.39, 0.29) is 19.4 Å². The van der Waals surface area contributed by atoms with Crippen LogP contribution in [0.5, 0.6) is 0 Å². The number of nitrogens with two attached hydrogens (primary N) is 1. The smallest absolute Gasteiger partial charge is 0.327 e. The second kappa shape index (κ2) is 7.33. The van der Waals surface area contributed by atoms with Crippen molar-refractivity contribution in [3.8, 4) is 6.07 Å². The van der Waals surface area contributed by atoms with Crippen molar-refractivity contribution in [3.05, 3.63) is 24.2 Å². The fourth-order valence-electron chi connectivity index (χ4n) is 2.93. The minimum atomic E-state index is -1.57. The number of carbonyl (C=O) groups excluding carboxylic acids is 1. The Morgan fingerprint density at radius 3 is 3.12 bits per heavy atom. The molecule has 0 amide bonds. The highest BCUT2D eigenvalue weighted by molar-refractivity contribution is 7.17. The Labute approximate surface area is 150 Å². The first-order valence-corrected chi connectivity index (χ1v) is 8.59. The highest BCUT2D eigenvalue weighted by atomic mass is 31.1. The molecule has 3 heterocycles. The summed E-state index contributed by atoms with van der Waals surface area (Å²) in [6.07, 6.45) is 0.200. The minimum Gasteiger partial charge on any atom is -0.458 e. The maximum Gasteiger partial charge on any atom is 0.327 e. The molecule has 1 aliphatic heterocycles. The molecule has 2 aromatic heterocycles. The van der Waals surface area contributed by atoms with Gasteiger partial charge in [0.1, 0.15) is 36.7 Å². The topological polar surface area (TPSA) is 142 Å². The summed E-state index contributed by atoms with van der Waals surface area (Å²) < 4.78 is 28.4. The molecule has 11 heteroatoms. The van der Waals surface area contributed by atoms with Gasteiger partial charge in [-0.25, -0.2) is 14.1 Å². The van der Waals surface area contributed by atoms with E-state index in [0.29, 0.717) is 17.0 Å². The summed E-state index contributed by atoms with van der Waals surface area (Å²) in [7, 11) is -0.597. The third kappa shape index (κ3) is 3.12. The largest absolute Gasteiger partial charge is 0.458 e. The number of fused-ring (bicyclic) bond motifs is 1. The lowest BCUT2D eigenvalue weighted by atomic mass is 9.98. The summed E-state index contributed by atoms with van der Waals surface area (Å²) in [4.78, 5) is 15.7. The van der Waals surface area contributed by atoms with E-state index in [2.05, 4.69) is 10.1 Å². The van der Waals surface area contributed by atoms with E-state index in [1.807, 2.05) is 6.07 Å². The fraction of sp³-hybridized carbons (Fsp3) is 0.467. The molecular weight excluding hydrogens is 361 g/mol. The number of carbonyl (C=O) groups is 1. The molecule has 0 aliphatic carbocycles. The first kappa shape index (κ1) is 18.2. The van der Waals surface area contributed by atoms with Gasteiger partial charge in [0.2, 0.25) is 5.60 Å². The van der Waals surface area contributed by atoms with Crippen LogP contribution in [0, 0.1) is 11.3 Å². The van der Waals surface area contributed by atoms with Crippen molar-refractivity contribution in [1.29, 1.82) is 5.26 Å². The van der Waals surface area contributed by atoms with Crippen molar-refractivity contribution >= 4 is 26.0 Å². The Morgan fingerprint density at radius 1 is 1.62 bits per heavy atom. The second-order valence-corrected chi connectivity index (χ2v) is 6.13. The summed E-state index contributed by atoms with van der Waals surface area (Å²) in [6.45, 7) is 1.34. The van der Waals surface area contributed by atoms with Crippen LogP contribution < -0.4 is 5.73 Å². The number of esters is 1. The van der Waals surface area contributed by atoms with Crippen molar-refractivity contribution in [2.45, 2.75) is 37.6 Å². The number of anilines is 1. The molecule has 3 rings (SSSR count). The molecule has 0 bridgehead atoms. The molecule has 1 saturated heterocycles. The van der Waals surface area contributed by atoms with Crippen LogP contribution in [0.15, 0.2) is 18.5 Å².